The van der Waals surface area contributed by atoms with E-state index in [1.54, 1.807) is 16.7 Å². The highest BCUT2D eigenvalue weighted by Crippen LogP contribution is 2.34. The normalized spacial score (nSPS) is 16.1. The van der Waals surface area contributed by atoms with Gasteiger partial charge in [0.15, 0.2) is 23.0 Å². The van der Waals surface area contributed by atoms with Crippen LogP contribution in [0.15, 0.2) is 24.5 Å². The molecular weight excluding hydrogens is 363 g/mol. The van der Waals surface area contributed by atoms with Crippen molar-refractivity contribution in [3.05, 3.63) is 35.9 Å². The van der Waals surface area contributed by atoms with Gasteiger partial charge in [0.1, 0.15) is 5.52 Å². The third kappa shape index (κ3) is 3.00. The largest absolute Gasteiger partial charge is 0.454 e. The van der Waals surface area contributed by atoms with Crippen LogP contribution in [0.5, 0.6) is 11.5 Å². The van der Waals surface area contributed by atoms with E-state index in [1.165, 1.54) is 6.33 Å². The monoisotopic (exact) mass is 377 g/mol. The summed E-state index contributed by atoms with van der Waals surface area (Å²) in [6.45, 7) is 0.454. The number of nitrogens with zero attached hydrogens (tertiary/aromatic N) is 4. The van der Waals surface area contributed by atoms with Crippen LogP contribution in [0.4, 0.5) is 19.0 Å². The van der Waals surface area contributed by atoms with Crippen molar-refractivity contribution >= 4 is 17.0 Å². The van der Waals surface area contributed by atoms with E-state index in [4.69, 9.17) is 9.47 Å². The molecule has 140 valence electrons. The molecule has 3 heterocycles. The summed E-state index contributed by atoms with van der Waals surface area (Å²) < 4.78 is 51.9. The SMILES string of the molecule is FC(F)(F)c1nc(NC2CC2)c2ncn(Cc3ccc4c(c3)OCO4)c2n1. The molecule has 0 atom stereocenters. The van der Waals surface area contributed by atoms with Crippen molar-refractivity contribution < 1.29 is 22.6 Å². The second-order valence-corrected chi connectivity index (χ2v) is 6.54. The van der Waals surface area contributed by atoms with Gasteiger partial charge in [-0.15, -0.1) is 0 Å². The number of imidazole rings is 1. The number of alkyl halides is 3. The number of ether oxygens (including phenoxy) is 2. The summed E-state index contributed by atoms with van der Waals surface area (Å²) in [5.74, 6) is 0.204. The van der Waals surface area contributed by atoms with Gasteiger partial charge in [0.2, 0.25) is 12.6 Å². The van der Waals surface area contributed by atoms with Gasteiger partial charge in [-0.3, -0.25) is 0 Å². The van der Waals surface area contributed by atoms with Gasteiger partial charge in [0.25, 0.3) is 0 Å². The number of hydrogen-bond donors (Lipinski definition) is 1. The Balaban J connectivity index is 1.56. The fourth-order valence-corrected chi connectivity index (χ4v) is 2.94. The zero-order valence-corrected chi connectivity index (χ0v) is 14.0. The molecule has 0 bridgehead atoms. The van der Waals surface area contributed by atoms with Gasteiger partial charge in [-0.25, -0.2) is 15.0 Å². The Morgan fingerprint density at radius 3 is 2.74 bits per heavy atom. The third-order valence-electron chi connectivity index (χ3n) is 4.43. The molecule has 0 amide bonds. The van der Waals surface area contributed by atoms with Crippen LogP contribution in [0, 0.1) is 0 Å². The molecule has 0 spiro atoms. The maximum atomic E-state index is 13.3. The molecule has 2 aliphatic rings. The molecule has 7 nitrogen and oxygen atoms in total. The van der Waals surface area contributed by atoms with E-state index in [0.717, 1.165) is 18.4 Å². The summed E-state index contributed by atoms with van der Waals surface area (Å²) in [5, 5.41) is 3.02. The Bertz CT molecular complexity index is 1030. The molecule has 5 rings (SSSR count). The van der Waals surface area contributed by atoms with Crippen LogP contribution < -0.4 is 14.8 Å². The smallest absolute Gasteiger partial charge is 0.451 e. The first-order valence-electron chi connectivity index (χ1n) is 8.42. The summed E-state index contributed by atoms with van der Waals surface area (Å²) in [4.78, 5) is 11.6. The summed E-state index contributed by atoms with van der Waals surface area (Å²) in [5.41, 5.74) is 1.30. The van der Waals surface area contributed by atoms with Crippen LogP contribution in [-0.2, 0) is 12.7 Å². The van der Waals surface area contributed by atoms with Crippen molar-refractivity contribution in [1.29, 1.82) is 0 Å². The van der Waals surface area contributed by atoms with Gasteiger partial charge in [-0.1, -0.05) is 6.07 Å². The standard InChI is InChI=1S/C17H14F3N5O2/c18-17(19,20)16-23-14(22-10-2-3-10)13-15(24-16)25(7-21-13)6-9-1-4-11-12(5-9)27-8-26-11/h1,4-5,7,10H,2-3,6,8H2,(H,22,23,24). The van der Waals surface area contributed by atoms with Gasteiger partial charge < -0.3 is 19.4 Å². The maximum Gasteiger partial charge on any atom is 0.451 e. The van der Waals surface area contributed by atoms with Crippen LogP contribution in [0.25, 0.3) is 11.2 Å². The van der Waals surface area contributed by atoms with Crippen LogP contribution in [0.1, 0.15) is 24.2 Å². The molecule has 1 N–H and O–H groups in total. The molecule has 1 aliphatic carbocycles. The minimum atomic E-state index is -4.64. The molecule has 1 aliphatic heterocycles. The average molecular weight is 377 g/mol. The Labute approximate surface area is 151 Å². The van der Waals surface area contributed by atoms with E-state index in [1.807, 2.05) is 6.07 Å². The van der Waals surface area contributed by atoms with Crippen LogP contribution in [0.3, 0.4) is 0 Å². The second-order valence-electron chi connectivity index (χ2n) is 6.54. The summed E-state index contributed by atoms with van der Waals surface area (Å²) in [6.07, 6.45) is -1.35. The molecule has 0 saturated heterocycles. The van der Waals surface area contributed by atoms with Gasteiger partial charge in [0.05, 0.1) is 12.9 Å². The first-order valence-corrected chi connectivity index (χ1v) is 8.42. The topological polar surface area (TPSA) is 74.1 Å². The lowest BCUT2D eigenvalue weighted by atomic mass is 10.2. The molecule has 0 radical (unpaired) electrons. The molecular formula is C17H14F3N5O2. The molecule has 1 saturated carbocycles. The third-order valence-corrected chi connectivity index (χ3v) is 4.43. The number of halogens is 3. The minimum absolute atomic E-state index is 0.124. The average Bonchev–Trinajstić information content (AvgIpc) is 3.15. The van der Waals surface area contributed by atoms with Crippen molar-refractivity contribution in [3.63, 3.8) is 0 Å². The first-order chi connectivity index (χ1) is 13.0. The zero-order valence-electron chi connectivity index (χ0n) is 14.0. The van der Waals surface area contributed by atoms with Crippen LogP contribution in [-0.4, -0.2) is 32.4 Å². The van der Waals surface area contributed by atoms with Crippen molar-refractivity contribution in [2.24, 2.45) is 0 Å². The lowest BCUT2D eigenvalue weighted by Crippen LogP contribution is -2.15. The highest BCUT2D eigenvalue weighted by molar-refractivity contribution is 5.83. The lowest BCUT2D eigenvalue weighted by Gasteiger charge is -2.11. The predicted octanol–water partition coefficient (Wildman–Crippen LogP) is 3.20. The molecule has 0 unspecified atom stereocenters. The fraction of sp³-hybridized carbons (Fsp3) is 0.353. The van der Waals surface area contributed by atoms with Gasteiger partial charge in [-0.05, 0) is 30.5 Å². The molecule has 10 heteroatoms. The van der Waals surface area contributed by atoms with E-state index in [0.29, 0.717) is 23.6 Å². The van der Waals surface area contributed by atoms with E-state index in [-0.39, 0.29) is 24.3 Å². The van der Waals surface area contributed by atoms with Gasteiger partial charge in [-0.2, -0.15) is 13.2 Å². The lowest BCUT2D eigenvalue weighted by molar-refractivity contribution is -0.144. The predicted molar refractivity (Wildman–Crippen MR) is 88.6 cm³/mol. The van der Waals surface area contributed by atoms with Crippen molar-refractivity contribution in [2.45, 2.75) is 31.6 Å². The van der Waals surface area contributed by atoms with Gasteiger partial charge in [0, 0.05) is 6.04 Å². The molecule has 3 aromatic rings. The Morgan fingerprint density at radius 2 is 1.96 bits per heavy atom. The zero-order chi connectivity index (χ0) is 18.6. The second kappa shape index (κ2) is 5.73. The van der Waals surface area contributed by atoms with Gasteiger partial charge >= 0.3 is 6.18 Å². The number of rotatable bonds is 4. The number of nitrogens with one attached hydrogen (secondary N) is 1. The molecule has 27 heavy (non-hydrogen) atoms. The molecule has 2 aromatic heterocycles. The number of hydrogen-bond acceptors (Lipinski definition) is 6. The van der Waals surface area contributed by atoms with E-state index in [9.17, 15) is 13.2 Å². The summed E-state index contributed by atoms with van der Waals surface area (Å²) >= 11 is 0. The number of anilines is 1. The quantitative estimate of drug-likeness (QED) is 0.753. The summed E-state index contributed by atoms with van der Waals surface area (Å²) in [7, 11) is 0. The number of fused-ring (bicyclic) bond motifs is 2. The van der Waals surface area contributed by atoms with Crippen LogP contribution >= 0.6 is 0 Å². The van der Waals surface area contributed by atoms with E-state index in [2.05, 4.69) is 20.3 Å². The molecule has 1 fully saturated rings. The Kier molecular flexibility index (Phi) is 3.43. The van der Waals surface area contributed by atoms with E-state index >= 15 is 0 Å². The Morgan fingerprint density at radius 1 is 1.15 bits per heavy atom. The first kappa shape index (κ1) is 16.2. The van der Waals surface area contributed by atoms with Crippen LogP contribution in [0.2, 0.25) is 0 Å². The minimum Gasteiger partial charge on any atom is -0.454 e. The van der Waals surface area contributed by atoms with Crippen molar-refractivity contribution in [2.75, 3.05) is 12.1 Å². The highest BCUT2D eigenvalue weighted by Gasteiger charge is 2.37. The highest BCUT2D eigenvalue weighted by atomic mass is 19.4. The van der Waals surface area contributed by atoms with Crippen molar-refractivity contribution in [3.8, 4) is 11.5 Å². The maximum absolute atomic E-state index is 13.3. The fourth-order valence-electron chi connectivity index (χ4n) is 2.94. The van der Waals surface area contributed by atoms with E-state index < -0.39 is 12.0 Å². The van der Waals surface area contributed by atoms with Crippen molar-refractivity contribution in [1.82, 2.24) is 19.5 Å². The number of benzene rings is 1. The summed E-state index contributed by atoms with van der Waals surface area (Å²) in [6, 6.07) is 5.54. The Hall–Kier alpha value is -3.04. The number of aromatic nitrogens is 4. The molecule has 1 aromatic carbocycles.